The number of nitrogens with two attached hydrogens (primary N) is 1. The molecule has 1 rings (SSSR count). The van der Waals surface area contributed by atoms with Crippen LogP contribution in [0, 0.1) is 5.92 Å². The highest BCUT2D eigenvalue weighted by Gasteiger charge is 2.28. The van der Waals surface area contributed by atoms with E-state index in [1.54, 1.807) is 0 Å². The largest absolute Gasteiger partial charge is 0.340 e. The summed E-state index contributed by atoms with van der Waals surface area (Å²) in [7, 11) is 0. The summed E-state index contributed by atoms with van der Waals surface area (Å²) in [6, 6.07) is -0.0374. The Morgan fingerprint density at radius 2 is 1.95 bits per heavy atom. The van der Waals surface area contributed by atoms with Crippen LogP contribution in [-0.4, -0.2) is 54.5 Å². The minimum Gasteiger partial charge on any atom is -0.340 e. The van der Waals surface area contributed by atoms with Gasteiger partial charge in [0.1, 0.15) is 0 Å². The molecule has 0 spiro atoms. The van der Waals surface area contributed by atoms with Gasteiger partial charge in [0, 0.05) is 24.6 Å². The molecule has 0 radical (unpaired) electrons. The maximum absolute atomic E-state index is 12.5. The number of hydrogen-bond donors (Lipinski definition) is 2. The van der Waals surface area contributed by atoms with Gasteiger partial charge in [-0.05, 0) is 25.4 Å². The molecule has 0 aromatic rings. The van der Waals surface area contributed by atoms with E-state index < -0.39 is 0 Å². The van der Waals surface area contributed by atoms with E-state index in [1.165, 1.54) is 0 Å². The molecular formula is C13H29Cl2N3OS. The van der Waals surface area contributed by atoms with Crippen LogP contribution in [-0.2, 0) is 4.79 Å². The Bertz CT molecular complexity index is 254. The fourth-order valence-corrected chi connectivity index (χ4v) is 3.01. The maximum atomic E-state index is 12.5. The molecule has 1 aliphatic rings. The smallest absolute Gasteiger partial charge is 0.240 e. The van der Waals surface area contributed by atoms with Gasteiger partial charge in [-0.3, -0.25) is 4.79 Å². The predicted molar refractivity (Wildman–Crippen MR) is 93.3 cm³/mol. The second-order valence-electron chi connectivity index (χ2n) is 4.90. The van der Waals surface area contributed by atoms with Crippen LogP contribution in [0.2, 0.25) is 0 Å². The molecule has 1 aliphatic heterocycles. The van der Waals surface area contributed by atoms with E-state index in [2.05, 4.69) is 19.2 Å². The predicted octanol–water partition coefficient (Wildman–Crippen LogP) is 1.76. The van der Waals surface area contributed by atoms with E-state index in [-0.39, 0.29) is 36.8 Å². The van der Waals surface area contributed by atoms with Crippen LogP contribution in [0.15, 0.2) is 0 Å². The van der Waals surface area contributed by atoms with Crippen molar-refractivity contribution in [3.05, 3.63) is 0 Å². The molecule has 0 aromatic carbocycles. The third-order valence-corrected chi connectivity index (χ3v) is 4.49. The lowest BCUT2D eigenvalue weighted by molar-refractivity contribution is -0.134. The number of carbonyl (C=O) groups excluding carboxylic acids is 1. The van der Waals surface area contributed by atoms with E-state index in [1.807, 2.05) is 16.7 Å². The maximum Gasteiger partial charge on any atom is 0.240 e. The van der Waals surface area contributed by atoms with Gasteiger partial charge in [0.05, 0.1) is 6.04 Å². The van der Waals surface area contributed by atoms with E-state index in [0.29, 0.717) is 12.5 Å². The first kappa shape index (κ1) is 22.6. The van der Waals surface area contributed by atoms with Gasteiger partial charge >= 0.3 is 0 Å². The number of halogens is 2. The van der Waals surface area contributed by atoms with Gasteiger partial charge < -0.3 is 16.0 Å². The summed E-state index contributed by atoms with van der Waals surface area (Å²) < 4.78 is 0. The molecule has 0 aliphatic carbocycles. The number of nitrogens with zero attached hydrogens (tertiary/aromatic N) is 1. The van der Waals surface area contributed by atoms with Crippen molar-refractivity contribution in [2.24, 2.45) is 11.7 Å². The number of thioether (sulfide) groups is 1. The van der Waals surface area contributed by atoms with Gasteiger partial charge in [-0.2, -0.15) is 11.8 Å². The molecule has 4 nitrogen and oxygen atoms in total. The zero-order chi connectivity index (χ0) is 13.4. The average molecular weight is 346 g/mol. The highest BCUT2D eigenvalue weighted by atomic mass is 35.5. The Kier molecular flexibility index (Phi) is 14.7. The zero-order valence-corrected chi connectivity index (χ0v) is 14.9. The first-order chi connectivity index (χ1) is 8.70. The van der Waals surface area contributed by atoms with Crippen LogP contribution in [0.25, 0.3) is 0 Å². The first-order valence-corrected chi connectivity index (χ1v) is 8.16. The van der Waals surface area contributed by atoms with Crippen molar-refractivity contribution < 1.29 is 4.79 Å². The molecule has 0 aromatic heterocycles. The summed E-state index contributed by atoms with van der Waals surface area (Å²) in [5, 5.41) is 3.39. The second kappa shape index (κ2) is 13.0. The van der Waals surface area contributed by atoms with Crippen molar-refractivity contribution in [3.8, 4) is 0 Å². The van der Waals surface area contributed by atoms with Crippen molar-refractivity contribution >= 4 is 42.5 Å². The quantitative estimate of drug-likeness (QED) is 0.690. The Hall–Kier alpha value is 0.320. The zero-order valence-electron chi connectivity index (χ0n) is 12.5. The number of amides is 1. The third kappa shape index (κ3) is 7.36. The number of nitrogens with one attached hydrogen (secondary N) is 1. The lowest BCUT2D eigenvalue weighted by Gasteiger charge is -2.33. The van der Waals surface area contributed by atoms with Crippen molar-refractivity contribution in [1.29, 1.82) is 0 Å². The Morgan fingerprint density at radius 3 is 2.45 bits per heavy atom. The summed E-state index contributed by atoms with van der Waals surface area (Å²) in [5.74, 6) is 2.80. The number of rotatable bonds is 7. The molecule has 1 amide bonds. The Balaban J connectivity index is 0. The molecular weight excluding hydrogens is 317 g/mol. The van der Waals surface area contributed by atoms with Gasteiger partial charge in [-0.15, -0.1) is 24.8 Å². The molecule has 0 unspecified atom stereocenters. The van der Waals surface area contributed by atoms with Crippen molar-refractivity contribution in [2.75, 3.05) is 37.7 Å². The lowest BCUT2D eigenvalue weighted by atomic mass is 9.97. The first-order valence-electron chi connectivity index (χ1n) is 7.00. The molecule has 122 valence electrons. The van der Waals surface area contributed by atoms with E-state index in [4.69, 9.17) is 5.73 Å². The second-order valence-corrected chi connectivity index (χ2v) is 6.12. The average Bonchev–Trinajstić information content (AvgIpc) is 2.43. The minimum absolute atomic E-state index is 0. The molecule has 0 saturated carbocycles. The van der Waals surface area contributed by atoms with Crippen molar-refractivity contribution in [3.63, 3.8) is 0 Å². The van der Waals surface area contributed by atoms with Crippen LogP contribution in [0.3, 0.4) is 0 Å². The van der Waals surface area contributed by atoms with Crippen molar-refractivity contribution in [2.45, 2.75) is 32.7 Å². The fraction of sp³-hybridized carbons (Fsp3) is 0.923. The Morgan fingerprint density at radius 1 is 1.35 bits per heavy atom. The molecule has 1 fully saturated rings. The SMILES string of the molecule is CC[C@@H](C)[C@H](NCCCN)C(=O)N1CCSCC1.Cl.Cl. The standard InChI is InChI=1S/C13H27N3OS.2ClH/c1-3-11(2)12(15-6-4-5-14)13(17)16-7-9-18-10-8-16;;/h11-12,15H,3-10,14H2,1-2H3;2*1H/t11-,12+;;/m1../s1. The summed E-state index contributed by atoms with van der Waals surface area (Å²) in [5.41, 5.74) is 5.50. The molecule has 2 atom stereocenters. The summed E-state index contributed by atoms with van der Waals surface area (Å²) in [6.45, 7) is 7.59. The van der Waals surface area contributed by atoms with Crippen LogP contribution in [0.4, 0.5) is 0 Å². The van der Waals surface area contributed by atoms with E-state index in [0.717, 1.165) is 44.0 Å². The summed E-state index contributed by atoms with van der Waals surface area (Å²) >= 11 is 1.93. The monoisotopic (exact) mass is 345 g/mol. The summed E-state index contributed by atoms with van der Waals surface area (Å²) in [6.07, 6.45) is 1.95. The fourth-order valence-electron chi connectivity index (χ4n) is 2.11. The van der Waals surface area contributed by atoms with Gasteiger partial charge in [-0.1, -0.05) is 20.3 Å². The number of hydrogen-bond acceptors (Lipinski definition) is 4. The molecule has 3 N–H and O–H groups in total. The van der Waals surface area contributed by atoms with Gasteiger partial charge in [-0.25, -0.2) is 0 Å². The minimum atomic E-state index is -0.0374. The van der Waals surface area contributed by atoms with Crippen LogP contribution >= 0.6 is 36.6 Å². The Labute approximate surface area is 139 Å². The van der Waals surface area contributed by atoms with Gasteiger partial charge in [0.2, 0.25) is 5.91 Å². The molecule has 20 heavy (non-hydrogen) atoms. The number of carbonyl (C=O) groups is 1. The summed E-state index contributed by atoms with van der Waals surface area (Å²) in [4.78, 5) is 14.5. The van der Waals surface area contributed by atoms with Crippen molar-refractivity contribution in [1.82, 2.24) is 10.2 Å². The van der Waals surface area contributed by atoms with E-state index >= 15 is 0 Å². The lowest BCUT2D eigenvalue weighted by Crippen LogP contribution is -2.52. The van der Waals surface area contributed by atoms with Crippen LogP contribution < -0.4 is 11.1 Å². The van der Waals surface area contributed by atoms with Crippen LogP contribution in [0.5, 0.6) is 0 Å². The molecule has 7 heteroatoms. The topological polar surface area (TPSA) is 58.4 Å². The highest BCUT2D eigenvalue weighted by Crippen LogP contribution is 2.15. The van der Waals surface area contributed by atoms with Gasteiger partial charge in [0.25, 0.3) is 0 Å². The molecule has 0 bridgehead atoms. The molecule has 1 saturated heterocycles. The van der Waals surface area contributed by atoms with E-state index in [9.17, 15) is 4.79 Å². The molecule has 1 heterocycles. The third-order valence-electron chi connectivity index (χ3n) is 3.55. The van der Waals surface area contributed by atoms with Crippen LogP contribution in [0.1, 0.15) is 26.7 Å². The highest BCUT2D eigenvalue weighted by molar-refractivity contribution is 7.99. The normalized spacial score (nSPS) is 17.6. The van der Waals surface area contributed by atoms with Gasteiger partial charge in [0.15, 0.2) is 0 Å².